The Kier molecular flexibility index (Phi) is 5.41. The summed E-state index contributed by atoms with van der Waals surface area (Å²) in [5.41, 5.74) is 5.81. The molecule has 0 bridgehead atoms. The maximum atomic E-state index is 14.0. The topological polar surface area (TPSA) is 98.5 Å². The second kappa shape index (κ2) is 7.49. The molecule has 4 N–H and O–H groups in total. The number of primary amides is 1. The first-order valence-electron chi connectivity index (χ1n) is 7.22. The van der Waals surface area contributed by atoms with E-state index in [0.29, 0.717) is 23.7 Å². The average molecular weight is 334 g/mol. The van der Waals surface area contributed by atoms with E-state index >= 15 is 0 Å². The van der Waals surface area contributed by atoms with Crippen molar-refractivity contribution in [2.45, 2.75) is 6.92 Å². The summed E-state index contributed by atoms with van der Waals surface area (Å²) in [6.07, 6.45) is 0. The lowest BCUT2D eigenvalue weighted by molar-refractivity contribution is 0.100. The van der Waals surface area contributed by atoms with E-state index in [0.717, 1.165) is 6.07 Å². The maximum Gasteiger partial charge on any atom is 0.252 e. The highest BCUT2D eigenvalue weighted by molar-refractivity contribution is 5.98. The Balaban J connectivity index is 2.47. The number of hydrogen-bond acceptors (Lipinski definition) is 6. The van der Waals surface area contributed by atoms with Crippen LogP contribution in [0.15, 0.2) is 24.3 Å². The minimum Gasteiger partial charge on any atom is -0.497 e. The van der Waals surface area contributed by atoms with Gasteiger partial charge in [-0.25, -0.2) is 9.37 Å². The molecule has 0 fully saturated rings. The highest BCUT2D eigenvalue weighted by Crippen LogP contribution is 2.29. The number of ether oxygens (including phenoxy) is 2. The molecule has 7 nitrogen and oxygen atoms in total. The molecule has 0 unspecified atom stereocenters. The van der Waals surface area contributed by atoms with Crippen LogP contribution in [0.25, 0.3) is 0 Å². The summed E-state index contributed by atoms with van der Waals surface area (Å²) in [5.74, 6) is -0.186. The highest BCUT2D eigenvalue weighted by atomic mass is 19.1. The van der Waals surface area contributed by atoms with Gasteiger partial charge in [-0.3, -0.25) is 4.79 Å². The molecule has 0 aliphatic carbocycles. The quantitative estimate of drug-likeness (QED) is 0.720. The number of carbonyl (C=O) groups is 1. The Hall–Kier alpha value is -3.03. The number of anilines is 3. The number of halogens is 1. The lowest BCUT2D eigenvalue weighted by Crippen LogP contribution is -2.16. The van der Waals surface area contributed by atoms with Gasteiger partial charge in [0.2, 0.25) is 0 Å². The number of pyridine rings is 1. The van der Waals surface area contributed by atoms with E-state index < -0.39 is 11.7 Å². The summed E-state index contributed by atoms with van der Waals surface area (Å²) < 4.78 is 24.3. The number of nitrogens with zero attached hydrogens (tertiary/aromatic N) is 1. The molecular formula is C16H19FN4O3. The lowest BCUT2D eigenvalue weighted by Gasteiger charge is -2.14. The normalized spacial score (nSPS) is 10.2. The van der Waals surface area contributed by atoms with Crippen LogP contribution in [0.5, 0.6) is 11.5 Å². The molecule has 24 heavy (non-hydrogen) atoms. The number of benzene rings is 1. The lowest BCUT2D eigenvalue weighted by atomic mass is 10.2. The molecule has 1 heterocycles. The van der Waals surface area contributed by atoms with Crippen molar-refractivity contribution < 1.29 is 18.7 Å². The van der Waals surface area contributed by atoms with E-state index in [2.05, 4.69) is 15.6 Å². The molecule has 0 atom stereocenters. The Bertz CT molecular complexity index is 730. The van der Waals surface area contributed by atoms with Crippen molar-refractivity contribution in [2.75, 3.05) is 31.4 Å². The predicted octanol–water partition coefficient (Wildman–Crippen LogP) is 2.51. The fourth-order valence-corrected chi connectivity index (χ4v) is 2.08. The van der Waals surface area contributed by atoms with E-state index in [9.17, 15) is 9.18 Å². The first kappa shape index (κ1) is 17.3. The molecule has 1 aromatic heterocycles. The van der Waals surface area contributed by atoms with Crippen LogP contribution in [0.1, 0.15) is 17.3 Å². The van der Waals surface area contributed by atoms with Crippen molar-refractivity contribution in [3.05, 3.63) is 35.6 Å². The van der Waals surface area contributed by atoms with Gasteiger partial charge in [-0.1, -0.05) is 0 Å². The standard InChI is InChI=1S/C16H19FN4O3/c1-4-19-16-13(17)8-12(14(18)22)15(21-16)20-9-5-10(23-2)7-11(6-9)24-3/h5-8H,4H2,1-3H3,(H2,18,22)(H2,19,20,21). The van der Waals surface area contributed by atoms with Crippen molar-refractivity contribution in [3.63, 3.8) is 0 Å². The summed E-state index contributed by atoms with van der Waals surface area (Å²) >= 11 is 0. The van der Waals surface area contributed by atoms with Gasteiger partial charge in [0, 0.05) is 30.4 Å². The van der Waals surface area contributed by atoms with Gasteiger partial charge in [0.15, 0.2) is 11.6 Å². The molecule has 2 rings (SSSR count). The zero-order valence-electron chi connectivity index (χ0n) is 13.6. The van der Waals surface area contributed by atoms with Gasteiger partial charge in [-0.05, 0) is 13.0 Å². The summed E-state index contributed by atoms with van der Waals surface area (Å²) in [4.78, 5) is 15.7. The predicted molar refractivity (Wildman–Crippen MR) is 89.7 cm³/mol. The molecular weight excluding hydrogens is 315 g/mol. The average Bonchev–Trinajstić information content (AvgIpc) is 2.57. The zero-order valence-corrected chi connectivity index (χ0v) is 13.6. The second-order valence-corrected chi connectivity index (χ2v) is 4.84. The number of nitrogens with two attached hydrogens (primary N) is 1. The minimum atomic E-state index is -0.790. The van der Waals surface area contributed by atoms with E-state index in [1.807, 2.05) is 6.92 Å². The van der Waals surface area contributed by atoms with Crippen LogP contribution in [0.2, 0.25) is 0 Å². The smallest absolute Gasteiger partial charge is 0.252 e. The van der Waals surface area contributed by atoms with E-state index in [1.165, 1.54) is 14.2 Å². The summed E-state index contributed by atoms with van der Waals surface area (Å²) in [6, 6.07) is 6.12. The van der Waals surface area contributed by atoms with Gasteiger partial charge in [-0.2, -0.15) is 0 Å². The fourth-order valence-electron chi connectivity index (χ4n) is 2.08. The largest absolute Gasteiger partial charge is 0.497 e. The van der Waals surface area contributed by atoms with Gasteiger partial charge in [0.25, 0.3) is 5.91 Å². The van der Waals surface area contributed by atoms with E-state index in [1.54, 1.807) is 18.2 Å². The van der Waals surface area contributed by atoms with Gasteiger partial charge in [0.05, 0.1) is 19.8 Å². The molecule has 0 saturated carbocycles. The Labute approximate surface area is 139 Å². The zero-order chi connectivity index (χ0) is 17.7. The molecule has 128 valence electrons. The van der Waals surface area contributed by atoms with Crippen LogP contribution >= 0.6 is 0 Å². The van der Waals surface area contributed by atoms with E-state index in [-0.39, 0.29) is 17.2 Å². The Morgan fingerprint density at radius 1 is 1.17 bits per heavy atom. The number of hydrogen-bond donors (Lipinski definition) is 3. The number of aromatic nitrogens is 1. The number of methoxy groups -OCH3 is 2. The third-order valence-electron chi connectivity index (χ3n) is 3.20. The van der Waals surface area contributed by atoms with Crippen molar-refractivity contribution in [3.8, 4) is 11.5 Å². The van der Waals surface area contributed by atoms with Gasteiger partial charge < -0.3 is 25.8 Å². The van der Waals surface area contributed by atoms with Crippen LogP contribution < -0.4 is 25.8 Å². The van der Waals surface area contributed by atoms with Crippen LogP contribution in [-0.2, 0) is 0 Å². The maximum absolute atomic E-state index is 14.0. The number of carbonyl (C=O) groups excluding carboxylic acids is 1. The molecule has 0 radical (unpaired) electrons. The number of amides is 1. The number of nitrogens with one attached hydrogen (secondary N) is 2. The van der Waals surface area contributed by atoms with Crippen molar-refractivity contribution in [2.24, 2.45) is 5.73 Å². The third-order valence-corrected chi connectivity index (χ3v) is 3.20. The van der Waals surface area contributed by atoms with Crippen molar-refractivity contribution in [1.82, 2.24) is 4.98 Å². The Morgan fingerprint density at radius 3 is 2.29 bits per heavy atom. The van der Waals surface area contributed by atoms with Crippen molar-refractivity contribution in [1.29, 1.82) is 0 Å². The van der Waals surface area contributed by atoms with Gasteiger partial charge in [0.1, 0.15) is 17.3 Å². The number of rotatable bonds is 7. The molecule has 0 saturated heterocycles. The van der Waals surface area contributed by atoms with Crippen LogP contribution in [-0.4, -0.2) is 31.7 Å². The fraction of sp³-hybridized carbons (Fsp3) is 0.250. The summed E-state index contributed by atoms with van der Waals surface area (Å²) in [5, 5.41) is 5.74. The molecule has 2 aromatic rings. The first-order valence-corrected chi connectivity index (χ1v) is 7.22. The van der Waals surface area contributed by atoms with Gasteiger partial charge >= 0.3 is 0 Å². The van der Waals surface area contributed by atoms with Crippen LogP contribution in [0.4, 0.5) is 21.7 Å². The third kappa shape index (κ3) is 3.83. The van der Waals surface area contributed by atoms with E-state index in [4.69, 9.17) is 15.2 Å². The highest BCUT2D eigenvalue weighted by Gasteiger charge is 2.16. The molecule has 0 aliphatic heterocycles. The molecule has 1 amide bonds. The van der Waals surface area contributed by atoms with Crippen LogP contribution in [0, 0.1) is 5.82 Å². The monoisotopic (exact) mass is 334 g/mol. The SMILES string of the molecule is CCNc1nc(Nc2cc(OC)cc(OC)c2)c(C(N)=O)cc1F. The summed E-state index contributed by atoms with van der Waals surface area (Å²) in [6.45, 7) is 2.29. The molecule has 8 heteroatoms. The molecule has 1 aromatic carbocycles. The Morgan fingerprint density at radius 2 is 1.79 bits per heavy atom. The first-order chi connectivity index (χ1) is 11.5. The molecule has 0 spiro atoms. The van der Waals surface area contributed by atoms with Gasteiger partial charge in [-0.15, -0.1) is 0 Å². The molecule has 0 aliphatic rings. The minimum absolute atomic E-state index is 0.0276. The summed E-state index contributed by atoms with van der Waals surface area (Å²) in [7, 11) is 3.04. The van der Waals surface area contributed by atoms with Crippen molar-refractivity contribution >= 4 is 23.2 Å². The second-order valence-electron chi connectivity index (χ2n) is 4.84. The van der Waals surface area contributed by atoms with Crippen LogP contribution in [0.3, 0.4) is 0 Å².